The molecule has 150 valence electrons. The van der Waals surface area contributed by atoms with Gasteiger partial charge in [-0.15, -0.1) is 0 Å². The first kappa shape index (κ1) is 19.1. The highest BCUT2D eigenvalue weighted by Crippen LogP contribution is 2.23. The van der Waals surface area contributed by atoms with Gasteiger partial charge >= 0.3 is 0 Å². The standard InChI is InChI=1S/C20H26N4O3S/c1-15-12-19(16(2)24(15)17-4-3-6-21-13-17)20(25)23-9-7-22(8-10-23)18-5-11-28(26,27)14-18/h3-4,6,12-13,18H,5,7-11,14H2,1-2H3. The summed E-state index contributed by atoms with van der Waals surface area (Å²) < 4.78 is 25.5. The van der Waals surface area contributed by atoms with Crippen LogP contribution < -0.4 is 0 Å². The number of pyridine rings is 1. The Morgan fingerprint density at radius 2 is 1.93 bits per heavy atom. The second kappa shape index (κ2) is 7.33. The average Bonchev–Trinajstić information content (AvgIpc) is 3.20. The SMILES string of the molecule is Cc1cc(C(=O)N2CCN(C3CCS(=O)(=O)C3)CC2)c(C)n1-c1cccnc1. The largest absolute Gasteiger partial charge is 0.336 e. The number of carbonyl (C=O) groups excluding carboxylic acids is 1. The number of rotatable bonds is 3. The topological polar surface area (TPSA) is 75.5 Å². The minimum Gasteiger partial charge on any atom is -0.336 e. The third kappa shape index (κ3) is 3.58. The first-order chi connectivity index (χ1) is 13.4. The van der Waals surface area contributed by atoms with Crippen molar-refractivity contribution in [2.75, 3.05) is 37.7 Å². The molecule has 0 N–H and O–H groups in total. The van der Waals surface area contributed by atoms with Crippen LogP contribution in [0.3, 0.4) is 0 Å². The third-order valence-corrected chi connectivity index (χ3v) is 7.64. The van der Waals surface area contributed by atoms with Crippen LogP contribution in [-0.4, -0.2) is 77.4 Å². The molecule has 2 aliphatic rings. The number of sulfone groups is 1. The van der Waals surface area contributed by atoms with E-state index in [1.165, 1.54) is 0 Å². The van der Waals surface area contributed by atoms with Crippen molar-refractivity contribution in [2.45, 2.75) is 26.3 Å². The van der Waals surface area contributed by atoms with Crippen LogP contribution in [0.25, 0.3) is 5.69 Å². The Morgan fingerprint density at radius 3 is 2.54 bits per heavy atom. The Labute approximate surface area is 165 Å². The molecule has 4 rings (SSSR count). The lowest BCUT2D eigenvalue weighted by molar-refractivity contribution is 0.0587. The van der Waals surface area contributed by atoms with Crippen LogP contribution >= 0.6 is 0 Å². The molecule has 8 heteroatoms. The Morgan fingerprint density at radius 1 is 1.18 bits per heavy atom. The van der Waals surface area contributed by atoms with Crippen molar-refractivity contribution >= 4 is 15.7 Å². The molecule has 2 aromatic heterocycles. The summed E-state index contributed by atoms with van der Waals surface area (Å²) in [6.07, 6.45) is 4.24. The molecule has 2 aromatic rings. The quantitative estimate of drug-likeness (QED) is 0.777. The smallest absolute Gasteiger partial charge is 0.255 e. The monoisotopic (exact) mass is 402 g/mol. The van der Waals surface area contributed by atoms with E-state index in [4.69, 9.17) is 0 Å². The molecule has 0 bridgehead atoms. The summed E-state index contributed by atoms with van der Waals surface area (Å²) in [7, 11) is -2.88. The molecule has 28 heavy (non-hydrogen) atoms. The van der Waals surface area contributed by atoms with E-state index in [1.54, 1.807) is 12.4 Å². The zero-order valence-electron chi connectivity index (χ0n) is 16.3. The van der Waals surface area contributed by atoms with Gasteiger partial charge in [-0.25, -0.2) is 8.42 Å². The minimum absolute atomic E-state index is 0.0435. The number of carbonyl (C=O) groups is 1. The van der Waals surface area contributed by atoms with Crippen molar-refractivity contribution in [1.82, 2.24) is 19.4 Å². The van der Waals surface area contributed by atoms with E-state index in [0.29, 0.717) is 19.5 Å². The van der Waals surface area contributed by atoms with Gasteiger partial charge in [0.15, 0.2) is 9.84 Å². The van der Waals surface area contributed by atoms with Crippen molar-refractivity contribution in [1.29, 1.82) is 0 Å². The molecule has 2 fully saturated rings. The Balaban J connectivity index is 1.46. The first-order valence-electron chi connectivity index (χ1n) is 9.69. The fourth-order valence-electron chi connectivity index (χ4n) is 4.39. The highest BCUT2D eigenvalue weighted by molar-refractivity contribution is 7.91. The number of amides is 1. The van der Waals surface area contributed by atoms with E-state index in [9.17, 15) is 13.2 Å². The molecule has 1 atom stereocenters. The van der Waals surface area contributed by atoms with Gasteiger partial charge in [0.25, 0.3) is 5.91 Å². The third-order valence-electron chi connectivity index (χ3n) is 5.89. The number of nitrogens with zero attached hydrogens (tertiary/aromatic N) is 4. The van der Waals surface area contributed by atoms with E-state index >= 15 is 0 Å². The van der Waals surface area contributed by atoms with Crippen molar-refractivity contribution in [3.05, 3.63) is 47.5 Å². The second-order valence-electron chi connectivity index (χ2n) is 7.72. The second-order valence-corrected chi connectivity index (χ2v) is 9.95. The molecule has 0 spiro atoms. The van der Waals surface area contributed by atoms with Gasteiger partial charge in [0.2, 0.25) is 0 Å². The number of aryl methyl sites for hydroxylation is 1. The molecular weight excluding hydrogens is 376 g/mol. The summed E-state index contributed by atoms with van der Waals surface area (Å²) in [6, 6.07) is 5.92. The molecule has 0 saturated carbocycles. The zero-order valence-corrected chi connectivity index (χ0v) is 17.2. The lowest BCUT2D eigenvalue weighted by Gasteiger charge is -2.37. The predicted molar refractivity (Wildman–Crippen MR) is 108 cm³/mol. The zero-order chi connectivity index (χ0) is 19.9. The van der Waals surface area contributed by atoms with Crippen LogP contribution in [0.1, 0.15) is 28.2 Å². The Hall–Kier alpha value is -2.19. The maximum atomic E-state index is 13.1. The number of hydrogen-bond donors (Lipinski definition) is 0. The molecule has 7 nitrogen and oxygen atoms in total. The first-order valence-corrected chi connectivity index (χ1v) is 11.5. The van der Waals surface area contributed by atoms with Gasteiger partial charge in [-0.3, -0.25) is 14.7 Å². The van der Waals surface area contributed by atoms with E-state index in [0.717, 1.165) is 35.7 Å². The van der Waals surface area contributed by atoms with Crippen LogP contribution in [0.15, 0.2) is 30.6 Å². The molecule has 4 heterocycles. The Kier molecular flexibility index (Phi) is 5.01. The van der Waals surface area contributed by atoms with Gasteiger partial charge in [0.1, 0.15) is 0 Å². The van der Waals surface area contributed by atoms with Gasteiger partial charge in [0.05, 0.1) is 29.0 Å². The van der Waals surface area contributed by atoms with Gasteiger partial charge in [-0.2, -0.15) is 0 Å². The number of hydrogen-bond acceptors (Lipinski definition) is 5. The van der Waals surface area contributed by atoms with Gasteiger partial charge < -0.3 is 9.47 Å². The molecule has 2 saturated heterocycles. The van der Waals surface area contributed by atoms with Crippen LogP contribution in [0.2, 0.25) is 0 Å². The Bertz CT molecular complexity index is 976. The lowest BCUT2D eigenvalue weighted by Crippen LogP contribution is -2.52. The number of piperazine rings is 1. The maximum Gasteiger partial charge on any atom is 0.255 e. The number of aromatic nitrogens is 2. The average molecular weight is 403 g/mol. The fourth-order valence-corrected chi connectivity index (χ4v) is 6.15. The molecular formula is C20H26N4O3S. The van der Waals surface area contributed by atoms with Crippen LogP contribution in [-0.2, 0) is 9.84 Å². The van der Waals surface area contributed by atoms with Crippen molar-refractivity contribution < 1.29 is 13.2 Å². The van der Waals surface area contributed by atoms with E-state index < -0.39 is 9.84 Å². The summed E-state index contributed by atoms with van der Waals surface area (Å²) >= 11 is 0. The van der Waals surface area contributed by atoms with Crippen molar-refractivity contribution in [2.24, 2.45) is 0 Å². The molecule has 0 radical (unpaired) electrons. The summed E-state index contributed by atoms with van der Waals surface area (Å²) in [5, 5.41) is 0. The summed E-state index contributed by atoms with van der Waals surface area (Å²) in [5.41, 5.74) is 3.59. The fraction of sp³-hybridized carbons (Fsp3) is 0.500. The van der Waals surface area contributed by atoms with E-state index in [1.807, 2.05) is 36.9 Å². The van der Waals surface area contributed by atoms with Gasteiger partial charge in [0, 0.05) is 49.8 Å². The molecule has 0 aromatic carbocycles. The van der Waals surface area contributed by atoms with Crippen molar-refractivity contribution in [3.63, 3.8) is 0 Å². The van der Waals surface area contributed by atoms with Crippen LogP contribution in [0, 0.1) is 13.8 Å². The summed E-state index contributed by atoms with van der Waals surface area (Å²) in [6.45, 7) is 6.68. The van der Waals surface area contributed by atoms with Gasteiger partial charge in [-0.1, -0.05) is 0 Å². The highest BCUT2D eigenvalue weighted by atomic mass is 32.2. The predicted octanol–water partition coefficient (Wildman–Crippen LogP) is 1.43. The summed E-state index contributed by atoms with van der Waals surface area (Å²) in [4.78, 5) is 21.4. The highest BCUT2D eigenvalue weighted by Gasteiger charge is 2.34. The minimum atomic E-state index is -2.88. The van der Waals surface area contributed by atoms with Crippen LogP contribution in [0.5, 0.6) is 0 Å². The molecule has 2 aliphatic heterocycles. The lowest BCUT2D eigenvalue weighted by atomic mass is 10.1. The van der Waals surface area contributed by atoms with Gasteiger partial charge in [-0.05, 0) is 38.5 Å². The molecule has 0 aliphatic carbocycles. The molecule has 1 amide bonds. The maximum absolute atomic E-state index is 13.1. The van der Waals surface area contributed by atoms with E-state index in [2.05, 4.69) is 14.5 Å². The molecule has 1 unspecified atom stereocenters. The van der Waals surface area contributed by atoms with Crippen molar-refractivity contribution in [3.8, 4) is 5.69 Å². The van der Waals surface area contributed by atoms with E-state index in [-0.39, 0.29) is 23.5 Å². The van der Waals surface area contributed by atoms with Crippen LogP contribution in [0.4, 0.5) is 0 Å². The summed E-state index contributed by atoms with van der Waals surface area (Å²) in [5.74, 6) is 0.589. The normalized spacial score (nSPS) is 22.5.